The Hall–Kier alpha value is -2.46. The van der Waals surface area contributed by atoms with Gasteiger partial charge in [-0.3, -0.25) is 4.79 Å². The smallest absolute Gasteiger partial charge is 0.287 e. The molecule has 0 spiro atoms. The summed E-state index contributed by atoms with van der Waals surface area (Å²) in [5.74, 6) is 2.74. The number of rotatable bonds is 8. The number of hydrogen-bond donors (Lipinski definition) is 1. The van der Waals surface area contributed by atoms with E-state index < -0.39 is 0 Å². The topological polar surface area (TPSA) is 42.2 Å². The highest BCUT2D eigenvalue weighted by Gasteiger charge is 2.10. The molecule has 134 valence electrons. The van der Waals surface area contributed by atoms with Crippen molar-refractivity contribution >= 4 is 17.7 Å². The molecule has 4 heteroatoms. The van der Waals surface area contributed by atoms with Crippen LogP contribution in [0, 0.1) is 6.92 Å². The Balaban J connectivity index is 1.42. The second kappa shape index (κ2) is 9.30. The zero-order valence-electron chi connectivity index (χ0n) is 14.9. The number of carbonyl (C=O) groups excluding carboxylic acids is 1. The van der Waals surface area contributed by atoms with Gasteiger partial charge in [-0.25, -0.2) is 0 Å². The monoisotopic (exact) mass is 365 g/mol. The summed E-state index contributed by atoms with van der Waals surface area (Å²) in [7, 11) is 0. The second-order valence-electron chi connectivity index (χ2n) is 6.24. The first-order chi connectivity index (χ1) is 12.7. The van der Waals surface area contributed by atoms with Crippen LogP contribution in [0.3, 0.4) is 0 Å². The van der Waals surface area contributed by atoms with E-state index in [0.29, 0.717) is 12.3 Å². The molecule has 0 aliphatic heterocycles. The molecule has 3 rings (SSSR count). The SMILES string of the molecule is Cc1cccc(CSCc2ccc(C(=O)NCCc3ccccc3)o2)c1. The van der Waals surface area contributed by atoms with Crippen molar-refractivity contribution < 1.29 is 9.21 Å². The predicted octanol–water partition coefficient (Wildman–Crippen LogP) is 4.99. The van der Waals surface area contributed by atoms with E-state index in [1.807, 2.05) is 24.3 Å². The summed E-state index contributed by atoms with van der Waals surface area (Å²) in [6.45, 7) is 2.70. The van der Waals surface area contributed by atoms with E-state index >= 15 is 0 Å². The third-order valence-corrected chi connectivity index (χ3v) is 5.05. The Labute approximate surface area is 158 Å². The maximum atomic E-state index is 12.2. The molecule has 0 saturated carbocycles. The third-order valence-electron chi connectivity index (χ3n) is 4.02. The fraction of sp³-hybridized carbons (Fsp3) is 0.227. The van der Waals surface area contributed by atoms with Crippen molar-refractivity contribution in [1.29, 1.82) is 0 Å². The van der Waals surface area contributed by atoms with Gasteiger partial charge in [0, 0.05) is 12.3 Å². The largest absolute Gasteiger partial charge is 0.455 e. The van der Waals surface area contributed by atoms with Crippen molar-refractivity contribution in [2.45, 2.75) is 24.9 Å². The van der Waals surface area contributed by atoms with Gasteiger partial charge in [0.05, 0.1) is 5.75 Å². The molecule has 0 bridgehead atoms. The van der Waals surface area contributed by atoms with Gasteiger partial charge in [0.25, 0.3) is 5.91 Å². The Morgan fingerprint density at radius 3 is 2.58 bits per heavy atom. The Morgan fingerprint density at radius 2 is 1.77 bits per heavy atom. The molecule has 0 saturated heterocycles. The van der Waals surface area contributed by atoms with Crippen molar-refractivity contribution in [3.05, 3.63) is 94.9 Å². The van der Waals surface area contributed by atoms with Gasteiger partial charge >= 0.3 is 0 Å². The van der Waals surface area contributed by atoms with Crippen LogP contribution in [0.1, 0.15) is 33.0 Å². The van der Waals surface area contributed by atoms with Crippen LogP contribution in [0.5, 0.6) is 0 Å². The number of benzene rings is 2. The molecule has 3 nitrogen and oxygen atoms in total. The summed E-state index contributed by atoms with van der Waals surface area (Å²) in [6.07, 6.45) is 0.812. The zero-order chi connectivity index (χ0) is 18.2. The van der Waals surface area contributed by atoms with Crippen molar-refractivity contribution in [2.24, 2.45) is 0 Å². The molecular formula is C22H23NO2S. The highest BCUT2D eigenvalue weighted by atomic mass is 32.2. The molecule has 26 heavy (non-hydrogen) atoms. The summed E-state index contributed by atoms with van der Waals surface area (Å²) in [5, 5.41) is 2.91. The van der Waals surface area contributed by atoms with Crippen molar-refractivity contribution in [3.63, 3.8) is 0 Å². The van der Waals surface area contributed by atoms with E-state index in [9.17, 15) is 4.79 Å². The summed E-state index contributed by atoms with van der Waals surface area (Å²) >= 11 is 1.78. The summed E-state index contributed by atoms with van der Waals surface area (Å²) in [6, 6.07) is 22.3. The lowest BCUT2D eigenvalue weighted by atomic mass is 10.1. The van der Waals surface area contributed by atoms with Crippen LogP contribution in [-0.2, 0) is 17.9 Å². The Morgan fingerprint density at radius 1 is 0.962 bits per heavy atom. The average Bonchev–Trinajstić information content (AvgIpc) is 3.12. The molecule has 0 fully saturated rings. The van der Waals surface area contributed by atoms with Crippen LogP contribution in [0.25, 0.3) is 0 Å². The average molecular weight is 365 g/mol. The van der Waals surface area contributed by atoms with E-state index in [4.69, 9.17) is 4.42 Å². The van der Waals surface area contributed by atoms with E-state index in [1.54, 1.807) is 17.8 Å². The molecule has 0 unspecified atom stereocenters. The summed E-state index contributed by atoms with van der Waals surface area (Å²) in [5.41, 5.74) is 3.79. The minimum atomic E-state index is -0.157. The van der Waals surface area contributed by atoms with Crippen LogP contribution in [-0.4, -0.2) is 12.5 Å². The minimum absolute atomic E-state index is 0.157. The third kappa shape index (κ3) is 5.53. The molecule has 1 aromatic heterocycles. The molecule has 2 aromatic carbocycles. The lowest BCUT2D eigenvalue weighted by Crippen LogP contribution is -2.25. The van der Waals surface area contributed by atoms with Gasteiger partial charge in [-0.1, -0.05) is 60.2 Å². The van der Waals surface area contributed by atoms with Crippen LogP contribution >= 0.6 is 11.8 Å². The molecule has 0 atom stereocenters. The van der Waals surface area contributed by atoms with Gasteiger partial charge in [-0.15, -0.1) is 11.8 Å². The van der Waals surface area contributed by atoms with Crippen molar-refractivity contribution in [1.82, 2.24) is 5.32 Å². The maximum Gasteiger partial charge on any atom is 0.287 e. The van der Waals surface area contributed by atoms with Gasteiger partial charge < -0.3 is 9.73 Å². The standard InChI is InChI=1S/C22H23NO2S/c1-17-6-5-9-19(14-17)15-26-16-20-10-11-21(25-20)22(24)23-13-12-18-7-3-2-4-8-18/h2-11,14H,12-13,15-16H2,1H3,(H,23,24). The van der Waals surface area contributed by atoms with Crippen LogP contribution in [0.15, 0.2) is 71.1 Å². The lowest BCUT2D eigenvalue weighted by molar-refractivity contribution is 0.0925. The number of aryl methyl sites for hydroxylation is 1. The van der Waals surface area contributed by atoms with Gasteiger partial charge in [0.15, 0.2) is 5.76 Å². The number of nitrogens with one attached hydrogen (secondary N) is 1. The summed E-state index contributed by atoms with van der Waals surface area (Å²) < 4.78 is 5.68. The van der Waals surface area contributed by atoms with E-state index in [1.165, 1.54) is 16.7 Å². The first-order valence-electron chi connectivity index (χ1n) is 8.75. The fourth-order valence-corrected chi connectivity index (χ4v) is 3.57. The highest BCUT2D eigenvalue weighted by Crippen LogP contribution is 2.20. The number of amides is 1. The summed E-state index contributed by atoms with van der Waals surface area (Å²) in [4.78, 5) is 12.2. The molecule has 3 aromatic rings. The first kappa shape index (κ1) is 18.3. The fourth-order valence-electron chi connectivity index (χ4n) is 2.70. The number of thioether (sulfide) groups is 1. The van der Waals surface area contributed by atoms with Gasteiger partial charge in [-0.2, -0.15) is 0 Å². The van der Waals surface area contributed by atoms with Crippen LogP contribution in [0.4, 0.5) is 0 Å². The quantitative estimate of drug-likeness (QED) is 0.611. The first-order valence-corrected chi connectivity index (χ1v) is 9.90. The normalized spacial score (nSPS) is 10.7. The molecule has 0 aliphatic carbocycles. The maximum absolute atomic E-state index is 12.2. The zero-order valence-corrected chi connectivity index (χ0v) is 15.7. The van der Waals surface area contributed by atoms with Crippen molar-refractivity contribution in [2.75, 3.05) is 6.54 Å². The highest BCUT2D eigenvalue weighted by molar-refractivity contribution is 7.97. The molecule has 1 amide bonds. The molecule has 0 aliphatic rings. The number of furan rings is 1. The Bertz CT molecular complexity index is 842. The lowest BCUT2D eigenvalue weighted by Gasteiger charge is -2.04. The molecule has 1 N–H and O–H groups in total. The Kier molecular flexibility index (Phi) is 6.56. The molecular weight excluding hydrogens is 342 g/mol. The van der Waals surface area contributed by atoms with E-state index in [-0.39, 0.29) is 5.91 Å². The van der Waals surface area contributed by atoms with Gasteiger partial charge in [0.2, 0.25) is 0 Å². The molecule has 1 heterocycles. The van der Waals surface area contributed by atoms with Gasteiger partial charge in [-0.05, 0) is 36.6 Å². The number of carbonyl (C=O) groups is 1. The van der Waals surface area contributed by atoms with E-state index in [2.05, 4.69) is 48.6 Å². The van der Waals surface area contributed by atoms with Crippen LogP contribution in [0.2, 0.25) is 0 Å². The molecule has 0 radical (unpaired) electrons. The minimum Gasteiger partial charge on any atom is -0.455 e. The second-order valence-corrected chi connectivity index (χ2v) is 7.22. The predicted molar refractivity (Wildman–Crippen MR) is 107 cm³/mol. The van der Waals surface area contributed by atoms with E-state index in [0.717, 1.165) is 23.7 Å². The van der Waals surface area contributed by atoms with Gasteiger partial charge in [0.1, 0.15) is 5.76 Å². The number of hydrogen-bond acceptors (Lipinski definition) is 3. The van der Waals surface area contributed by atoms with Crippen LogP contribution < -0.4 is 5.32 Å². The van der Waals surface area contributed by atoms with Crippen molar-refractivity contribution in [3.8, 4) is 0 Å².